The molecule has 0 spiro atoms. The topological polar surface area (TPSA) is 75.3 Å². The van der Waals surface area contributed by atoms with Gasteiger partial charge in [0.1, 0.15) is 0 Å². The van der Waals surface area contributed by atoms with Crippen molar-refractivity contribution in [2.75, 3.05) is 18.1 Å². The lowest BCUT2D eigenvalue weighted by atomic mass is 10.1. The zero-order valence-corrected chi connectivity index (χ0v) is 12.7. The number of aryl methyl sites for hydroxylation is 1. The number of carbonyl (C=O) groups is 1. The van der Waals surface area contributed by atoms with Crippen LogP contribution in [-0.4, -0.2) is 32.5 Å². The number of urea groups is 1. The van der Waals surface area contributed by atoms with Gasteiger partial charge in [-0.05, 0) is 36.3 Å². The van der Waals surface area contributed by atoms with E-state index in [0.29, 0.717) is 13.0 Å². The highest BCUT2D eigenvalue weighted by Gasteiger charge is 2.28. The Bertz CT molecular complexity index is 642. The molecule has 1 saturated heterocycles. The van der Waals surface area contributed by atoms with Crippen LogP contribution in [0.1, 0.15) is 30.0 Å². The van der Waals surface area contributed by atoms with Gasteiger partial charge in [0.05, 0.1) is 17.5 Å². The summed E-state index contributed by atoms with van der Waals surface area (Å²) in [5.41, 5.74) is 2.49. The van der Waals surface area contributed by atoms with E-state index in [4.69, 9.17) is 0 Å². The Morgan fingerprint density at radius 2 is 2.05 bits per heavy atom. The Kier molecular flexibility index (Phi) is 3.89. The second-order valence-electron chi connectivity index (χ2n) is 5.91. The zero-order chi connectivity index (χ0) is 14.9. The van der Waals surface area contributed by atoms with Gasteiger partial charge in [0.15, 0.2) is 9.84 Å². The minimum Gasteiger partial charge on any atom is -0.338 e. The quantitative estimate of drug-likeness (QED) is 0.886. The van der Waals surface area contributed by atoms with Crippen molar-refractivity contribution in [3.63, 3.8) is 0 Å². The molecule has 21 heavy (non-hydrogen) atoms. The molecule has 2 aliphatic rings. The molecule has 114 valence electrons. The maximum Gasteiger partial charge on any atom is 0.315 e. The summed E-state index contributed by atoms with van der Waals surface area (Å²) in [4.78, 5) is 12.0. The molecule has 1 aliphatic heterocycles. The average Bonchev–Trinajstić information content (AvgIpc) is 3.01. The van der Waals surface area contributed by atoms with E-state index in [1.807, 2.05) is 12.1 Å². The zero-order valence-electron chi connectivity index (χ0n) is 11.8. The minimum atomic E-state index is -2.88. The number of benzene rings is 1. The predicted octanol–water partition coefficient (Wildman–Crippen LogP) is 1.41. The molecule has 0 bridgehead atoms. The van der Waals surface area contributed by atoms with Gasteiger partial charge in [-0.15, -0.1) is 0 Å². The van der Waals surface area contributed by atoms with Crippen LogP contribution in [0.3, 0.4) is 0 Å². The Morgan fingerprint density at radius 1 is 1.24 bits per heavy atom. The molecule has 1 fully saturated rings. The maximum absolute atomic E-state index is 12.0. The highest BCUT2D eigenvalue weighted by atomic mass is 32.2. The molecular formula is C15H20N2O3S. The SMILES string of the molecule is O=C(NCC1CCS(=O)(=O)C1)NC1CCc2ccccc21. The minimum absolute atomic E-state index is 0.0524. The van der Waals surface area contributed by atoms with Crippen LogP contribution in [0, 0.1) is 5.92 Å². The van der Waals surface area contributed by atoms with Crippen LogP contribution < -0.4 is 10.6 Å². The van der Waals surface area contributed by atoms with E-state index < -0.39 is 9.84 Å². The number of fused-ring (bicyclic) bond motifs is 1. The summed E-state index contributed by atoms with van der Waals surface area (Å²) in [5, 5.41) is 5.79. The first kappa shape index (κ1) is 14.4. The summed E-state index contributed by atoms with van der Waals surface area (Å²) in [6.45, 7) is 0.430. The Hall–Kier alpha value is -1.56. The molecule has 1 aliphatic carbocycles. The van der Waals surface area contributed by atoms with Crippen molar-refractivity contribution in [2.24, 2.45) is 5.92 Å². The maximum atomic E-state index is 12.0. The highest BCUT2D eigenvalue weighted by molar-refractivity contribution is 7.91. The summed E-state index contributed by atoms with van der Waals surface area (Å²) < 4.78 is 22.7. The first-order chi connectivity index (χ1) is 10.0. The number of hydrogen-bond acceptors (Lipinski definition) is 3. The van der Waals surface area contributed by atoms with Gasteiger partial charge in [-0.3, -0.25) is 0 Å². The average molecular weight is 308 g/mol. The van der Waals surface area contributed by atoms with Crippen LogP contribution in [0.15, 0.2) is 24.3 Å². The van der Waals surface area contributed by atoms with Crippen molar-refractivity contribution in [3.8, 4) is 0 Å². The van der Waals surface area contributed by atoms with Crippen LogP contribution >= 0.6 is 0 Å². The molecule has 0 aromatic heterocycles. The van der Waals surface area contributed by atoms with Crippen LogP contribution in [0.2, 0.25) is 0 Å². The lowest BCUT2D eigenvalue weighted by Crippen LogP contribution is -2.39. The van der Waals surface area contributed by atoms with Crippen molar-refractivity contribution in [1.82, 2.24) is 10.6 Å². The number of sulfone groups is 1. The number of carbonyl (C=O) groups excluding carboxylic acids is 1. The molecule has 6 heteroatoms. The third-order valence-electron chi connectivity index (χ3n) is 4.32. The second kappa shape index (κ2) is 5.67. The lowest BCUT2D eigenvalue weighted by Gasteiger charge is -2.16. The molecule has 2 atom stereocenters. The van der Waals surface area contributed by atoms with E-state index in [1.54, 1.807) is 0 Å². The van der Waals surface area contributed by atoms with E-state index in [9.17, 15) is 13.2 Å². The molecule has 0 saturated carbocycles. The summed E-state index contributed by atoms with van der Waals surface area (Å²) >= 11 is 0. The molecule has 0 radical (unpaired) electrons. The van der Waals surface area contributed by atoms with Crippen molar-refractivity contribution in [1.29, 1.82) is 0 Å². The van der Waals surface area contributed by atoms with Crippen LogP contribution in [0.5, 0.6) is 0 Å². The second-order valence-corrected chi connectivity index (χ2v) is 8.14. The fraction of sp³-hybridized carbons (Fsp3) is 0.533. The molecule has 5 nitrogen and oxygen atoms in total. The van der Waals surface area contributed by atoms with Gasteiger partial charge >= 0.3 is 6.03 Å². The number of rotatable bonds is 3. The molecule has 2 amide bonds. The van der Waals surface area contributed by atoms with Crippen LogP contribution in [0.4, 0.5) is 4.79 Å². The van der Waals surface area contributed by atoms with Crippen molar-refractivity contribution in [3.05, 3.63) is 35.4 Å². The van der Waals surface area contributed by atoms with Crippen molar-refractivity contribution >= 4 is 15.9 Å². The first-order valence-corrected chi connectivity index (χ1v) is 9.18. The summed E-state index contributed by atoms with van der Waals surface area (Å²) in [5.74, 6) is 0.493. The van der Waals surface area contributed by atoms with Crippen LogP contribution in [-0.2, 0) is 16.3 Å². The fourth-order valence-electron chi connectivity index (χ4n) is 3.19. The van der Waals surface area contributed by atoms with Crippen LogP contribution in [0.25, 0.3) is 0 Å². The highest BCUT2D eigenvalue weighted by Crippen LogP contribution is 2.30. The third-order valence-corrected chi connectivity index (χ3v) is 6.15. The predicted molar refractivity (Wildman–Crippen MR) is 80.8 cm³/mol. The van der Waals surface area contributed by atoms with Crippen molar-refractivity contribution < 1.29 is 13.2 Å². The smallest absolute Gasteiger partial charge is 0.315 e. The molecule has 1 aromatic rings. The van der Waals surface area contributed by atoms with E-state index in [0.717, 1.165) is 12.8 Å². The first-order valence-electron chi connectivity index (χ1n) is 7.36. The molecular weight excluding hydrogens is 288 g/mol. The summed E-state index contributed by atoms with van der Waals surface area (Å²) in [7, 11) is -2.88. The van der Waals surface area contributed by atoms with Gasteiger partial charge in [0.25, 0.3) is 0 Å². The van der Waals surface area contributed by atoms with Crippen molar-refractivity contribution in [2.45, 2.75) is 25.3 Å². The molecule has 1 heterocycles. The molecule has 2 N–H and O–H groups in total. The number of hydrogen-bond donors (Lipinski definition) is 2. The Labute approximate surface area is 125 Å². The van der Waals surface area contributed by atoms with Gasteiger partial charge in [0, 0.05) is 6.54 Å². The lowest BCUT2D eigenvalue weighted by molar-refractivity contribution is 0.235. The molecule has 2 unspecified atom stereocenters. The van der Waals surface area contributed by atoms with Gasteiger partial charge < -0.3 is 10.6 Å². The van der Waals surface area contributed by atoms with Gasteiger partial charge in [-0.1, -0.05) is 24.3 Å². The monoisotopic (exact) mass is 308 g/mol. The van der Waals surface area contributed by atoms with E-state index >= 15 is 0 Å². The molecule has 3 rings (SSSR count). The fourth-order valence-corrected chi connectivity index (χ4v) is 5.05. The Balaban J connectivity index is 1.50. The number of amides is 2. The largest absolute Gasteiger partial charge is 0.338 e. The Morgan fingerprint density at radius 3 is 2.81 bits per heavy atom. The van der Waals surface area contributed by atoms with Gasteiger partial charge in [-0.2, -0.15) is 0 Å². The summed E-state index contributed by atoms with van der Waals surface area (Å²) in [6, 6.07) is 8.01. The van der Waals surface area contributed by atoms with E-state index in [1.165, 1.54) is 11.1 Å². The van der Waals surface area contributed by atoms with Gasteiger partial charge in [-0.25, -0.2) is 13.2 Å². The standard InChI is InChI=1S/C15H20N2O3S/c18-15(16-9-11-7-8-21(19,20)10-11)17-14-6-5-12-3-1-2-4-13(12)14/h1-4,11,14H,5-10H2,(H2,16,17,18). The van der Waals surface area contributed by atoms with Gasteiger partial charge in [0.2, 0.25) is 0 Å². The number of nitrogens with one attached hydrogen (secondary N) is 2. The van der Waals surface area contributed by atoms with E-state index in [2.05, 4.69) is 22.8 Å². The summed E-state index contributed by atoms with van der Waals surface area (Å²) in [6.07, 6.45) is 2.56. The molecule has 1 aromatic carbocycles. The third kappa shape index (κ3) is 3.37. The van der Waals surface area contributed by atoms with E-state index in [-0.39, 0.29) is 29.5 Å². The normalized spacial score (nSPS) is 26.3.